The summed E-state index contributed by atoms with van der Waals surface area (Å²) in [4.78, 5) is 18.1. The van der Waals surface area contributed by atoms with E-state index >= 15 is 0 Å². The number of aliphatic hydroxyl groups is 1. The molecular weight excluding hydrogens is 288 g/mol. The molecule has 9 nitrogen and oxygen atoms in total. The van der Waals surface area contributed by atoms with E-state index in [-0.39, 0.29) is 23.2 Å². The van der Waals surface area contributed by atoms with Crippen molar-refractivity contribution in [2.75, 3.05) is 5.73 Å². The van der Waals surface area contributed by atoms with Crippen molar-refractivity contribution in [3.05, 3.63) is 22.5 Å². The Morgan fingerprint density at radius 2 is 2.32 bits per heavy atom. The Labute approximate surface area is 125 Å². The Balaban J connectivity index is 1.93. The smallest absolute Gasteiger partial charge is 0.282 e. The minimum atomic E-state index is -0.769. The molecule has 2 aromatic rings. The Kier molecular flexibility index (Phi) is 3.67. The normalized spacial score (nSPS) is 25.7. The minimum absolute atomic E-state index is 0.0372. The van der Waals surface area contributed by atoms with Gasteiger partial charge in [-0.15, -0.1) is 5.10 Å². The molecule has 1 saturated heterocycles. The molecule has 3 atom stereocenters. The van der Waals surface area contributed by atoms with Gasteiger partial charge < -0.3 is 15.6 Å². The summed E-state index contributed by atoms with van der Waals surface area (Å²) >= 11 is 0. The van der Waals surface area contributed by atoms with Crippen LogP contribution in [-0.4, -0.2) is 42.3 Å². The predicted molar refractivity (Wildman–Crippen MR) is 78.9 cm³/mol. The topological polar surface area (TPSA) is 132 Å². The first-order valence-electron chi connectivity index (χ1n) is 7.08. The maximum Gasteiger partial charge on any atom is 0.282 e. The number of nitrogens with two attached hydrogens (primary N) is 1. The summed E-state index contributed by atoms with van der Waals surface area (Å²) in [5.74, 6) is 0.358. The fraction of sp³-hybridized carbons (Fsp3) is 0.538. The number of fused-ring (bicyclic) bond motifs is 1. The third-order valence-corrected chi connectivity index (χ3v) is 3.42. The van der Waals surface area contributed by atoms with E-state index in [9.17, 15) is 9.90 Å². The molecule has 3 heterocycles. The molecule has 0 spiro atoms. The number of allylic oxidation sites excluding steroid dienone is 1. The molecule has 2 aromatic heterocycles. The van der Waals surface area contributed by atoms with E-state index in [2.05, 4.69) is 34.1 Å². The van der Waals surface area contributed by atoms with E-state index in [4.69, 9.17) is 10.5 Å². The SMILES string of the molecule is CC(C)/C=C/[C@@H]1C[C@@H](O)[C@H](n2nnc3c(=O)[nH]c(N)nc32)O1. The molecule has 4 N–H and O–H groups in total. The Bertz CT molecular complexity index is 765. The zero-order valence-corrected chi connectivity index (χ0v) is 12.3. The average molecular weight is 306 g/mol. The van der Waals surface area contributed by atoms with Gasteiger partial charge in [0, 0.05) is 6.42 Å². The van der Waals surface area contributed by atoms with Gasteiger partial charge >= 0.3 is 0 Å². The van der Waals surface area contributed by atoms with Crippen LogP contribution in [0.5, 0.6) is 0 Å². The van der Waals surface area contributed by atoms with Crippen molar-refractivity contribution in [2.45, 2.75) is 38.7 Å². The van der Waals surface area contributed by atoms with E-state index in [1.54, 1.807) is 0 Å². The molecule has 3 rings (SSSR count). The van der Waals surface area contributed by atoms with Crippen LogP contribution in [0.15, 0.2) is 16.9 Å². The van der Waals surface area contributed by atoms with Gasteiger partial charge in [-0.05, 0) is 5.92 Å². The van der Waals surface area contributed by atoms with Crippen molar-refractivity contribution < 1.29 is 9.84 Å². The summed E-state index contributed by atoms with van der Waals surface area (Å²) < 4.78 is 7.09. The van der Waals surface area contributed by atoms with E-state index in [1.807, 2.05) is 12.2 Å². The number of aromatic nitrogens is 5. The number of aliphatic hydroxyl groups excluding tert-OH is 1. The van der Waals surface area contributed by atoms with E-state index in [0.29, 0.717) is 12.3 Å². The third kappa shape index (κ3) is 2.60. The minimum Gasteiger partial charge on any atom is -0.388 e. The van der Waals surface area contributed by atoms with E-state index < -0.39 is 17.9 Å². The number of aromatic amines is 1. The molecule has 0 bridgehead atoms. The van der Waals surface area contributed by atoms with Crippen molar-refractivity contribution >= 4 is 17.1 Å². The second-order valence-corrected chi connectivity index (χ2v) is 5.65. The standard InChI is InChI=1S/C13H18N6O3/c1-6(2)3-4-7-5-8(20)12(22-7)19-10-9(17-18-19)11(21)16-13(14)15-10/h3-4,6-8,12,20H,5H2,1-2H3,(H3,14,15,16,21)/b4-3+/t7-,8-,12-/m1/s1. The highest BCUT2D eigenvalue weighted by Crippen LogP contribution is 2.30. The summed E-state index contributed by atoms with van der Waals surface area (Å²) in [5, 5.41) is 17.9. The van der Waals surface area contributed by atoms with Gasteiger partial charge in [-0.25, -0.2) is 0 Å². The van der Waals surface area contributed by atoms with Crippen LogP contribution in [0.4, 0.5) is 5.95 Å². The fourth-order valence-electron chi connectivity index (χ4n) is 2.40. The van der Waals surface area contributed by atoms with Gasteiger partial charge in [0.1, 0.15) is 6.10 Å². The summed E-state index contributed by atoms with van der Waals surface area (Å²) in [6.45, 7) is 4.12. The van der Waals surface area contributed by atoms with Crippen LogP contribution in [0.1, 0.15) is 26.5 Å². The average Bonchev–Trinajstić information content (AvgIpc) is 3.00. The summed E-state index contributed by atoms with van der Waals surface area (Å²) in [6, 6.07) is 0. The van der Waals surface area contributed by atoms with Gasteiger partial charge in [-0.3, -0.25) is 9.78 Å². The van der Waals surface area contributed by atoms with Crippen molar-refractivity contribution in [1.29, 1.82) is 0 Å². The number of H-pyrrole nitrogens is 1. The van der Waals surface area contributed by atoms with Crippen molar-refractivity contribution in [1.82, 2.24) is 25.0 Å². The molecule has 0 unspecified atom stereocenters. The molecule has 0 aliphatic carbocycles. The number of nitrogen functional groups attached to an aromatic ring is 1. The van der Waals surface area contributed by atoms with Gasteiger partial charge in [0.2, 0.25) is 5.95 Å². The van der Waals surface area contributed by atoms with E-state index in [1.165, 1.54) is 4.68 Å². The fourth-order valence-corrected chi connectivity index (χ4v) is 2.40. The number of hydrogen-bond donors (Lipinski definition) is 3. The van der Waals surface area contributed by atoms with E-state index in [0.717, 1.165) is 0 Å². The first kappa shape index (κ1) is 14.7. The number of ether oxygens (including phenoxy) is 1. The van der Waals surface area contributed by atoms with Crippen LogP contribution >= 0.6 is 0 Å². The molecule has 0 aromatic carbocycles. The van der Waals surface area contributed by atoms with Gasteiger partial charge in [0.15, 0.2) is 17.4 Å². The van der Waals surface area contributed by atoms with Crippen LogP contribution < -0.4 is 11.3 Å². The molecule has 0 radical (unpaired) electrons. The Hall–Kier alpha value is -2.26. The number of nitrogens with zero attached hydrogens (tertiary/aromatic N) is 4. The van der Waals surface area contributed by atoms with Crippen molar-refractivity contribution in [3.63, 3.8) is 0 Å². The zero-order valence-electron chi connectivity index (χ0n) is 12.3. The highest BCUT2D eigenvalue weighted by Gasteiger charge is 2.36. The van der Waals surface area contributed by atoms with Crippen LogP contribution in [0, 0.1) is 5.92 Å². The van der Waals surface area contributed by atoms with Crippen LogP contribution in [0.2, 0.25) is 0 Å². The number of rotatable bonds is 3. The van der Waals surface area contributed by atoms with Gasteiger partial charge in [-0.2, -0.15) is 9.67 Å². The van der Waals surface area contributed by atoms with Gasteiger partial charge in [-0.1, -0.05) is 31.2 Å². The zero-order chi connectivity index (χ0) is 15.9. The summed E-state index contributed by atoms with van der Waals surface area (Å²) in [6.07, 6.45) is 2.63. The first-order chi connectivity index (χ1) is 10.5. The largest absolute Gasteiger partial charge is 0.388 e. The molecule has 1 aliphatic heterocycles. The predicted octanol–water partition coefficient (Wildman–Crippen LogP) is -0.0426. The second kappa shape index (κ2) is 5.50. The highest BCUT2D eigenvalue weighted by atomic mass is 16.5. The number of anilines is 1. The maximum absolute atomic E-state index is 11.7. The lowest BCUT2D eigenvalue weighted by molar-refractivity contribution is -0.0314. The molecule has 1 aliphatic rings. The van der Waals surface area contributed by atoms with Gasteiger partial charge in [0.25, 0.3) is 5.56 Å². The van der Waals surface area contributed by atoms with Crippen molar-refractivity contribution in [2.24, 2.45) is 5.92 Å². The van der Waals surface area contributed by atoms with Gasteiger partial charge in [0.05, 0.1) is 6.10 Å². The first-order valence-corrected chi connectivity index (χ1v) is 7.08. The highest BCUT2D eigenvalue weighted by molar-refractivity contribution is 5.69. The molecule has 0 saturated carbocycles. The monoisotopic (exact) mass is 306 g/mol. The van der Waals surface area contributed by atoms with Crippen LogP contribution in [0.3, 0.4) is 0 Å². The molecule has 22 heavy (non-hydrogen) atoms. The number of nitrogens with one attached hydrogen (secondary N) is 1. The molecule has 1 fully saturated rings. The quantitative estimate of drug-likeness (QED) is 0.678. The lowest BCUT2D eigenvalue weighted by Gasteiger charge is -2.14. The second-order valence-electron chi connectivity index (χ2n) is 5.65. The van der Waals surface area contributed by atoms with Crippen LogP contribution in [-0.2, 0) is 4.74 Å². The lowest BCUT2D eigenvalue weighted by atomic mass is 10.1. The Morgan fingerprint density at radius 1 is 1.55 bits per heavy atom. The summed E-state index contributed by atoms with van der Waals surface area (Å²) in [5.41, 5.74) is 5.32. The van der Waals surface area contributed by atoms with Crippen molar-refractivity contribution in [3.8, 4) is 0 Å². The molecule has 9 heteroatoms. The Morgan fingerprint density at radius 3 is 3.05 bits per heavy atom. The molecular formula is C13H18N6O3. The summed E-state index contributed by atoms with van der Waals surface area (Å²) in [7, 11) is 0. The van der Waals surface area contributed by atoms with Crippen LogP contribution in [0.25, 0.3) is 11.2 Å². The number of hydrogen-bond acceptors (Lipinski definition) is 7. The molecule has 118 valence electrons. The third-order valence-electron chi connectivity index (χ3n) is 3.42. The molecule has 0 amide bonds. The maximum atomic E-state index is 11.7. The lowest BCUT2D eigenvalue weighted by Crippen LogP contribution is -2.22.